The van der Waals surface area contributed by atoms with Crippen LogP contribution in [-0.4, -0.2) is 73.9 Å². The van der Waals surface area contributed by atoms with Crippen LogP contribution in [0.3, 0.4) is 0 Å². The topological polar surface area (TPSA) is 108 Å². The average molecular weight is 753 g/mol. The van der Waals surface area contributed by atoms with Crippen molar-refractivity contribution >= 4 is 51.6 Å². The number of pyridine rings is 2. The van der Waals surface area contributed by atoms with Crippen molar-refractivity contribution < 1.29 is 27.2 Å². The fourth-order valence-electron chi connectivity index (χ4n) is 8.54. The van der Waals surface area contributed by atoms with E-state index in [0.29, 0.717) is 28.0 Å². The first-order valence-corrected chi connectivity index (χ1v) is 18.4. The number of benzene rings is 1. The van der Waals surface area contributed by atoms with E-state index in [1.165, 1.54) is 12.8 Å². The van der Waals surface area contributed by atoms with Crippen molar-refractivity contribution in [2.75, 3.05) is 29.9 Å². The molecule has 4 aliphatic rings. The summed E-state index contributed by atoms with van der Waals surface area (Å²) in [6.45, 7) is 11.2. The van der Waals surface area contributed by atoms with Gasteiger partial charge in [-0.3, -0.25) is 19.5 Å². The van der Waals surface area contributed by atoms with Crippen molar-refractivity contribution in [2.45, 2.75) is 89.8 Å². The fraction of sp³-hybridized carbons (Fsp3) is 0.500. The third-order valence-electron chi connectivity index (χ3n) is 11.7. The molecule has 2 saturated carbocycles. The van der Waals surface area contributed by atoms with Gasteiger partial charge in [-0.2, -0.15) is 0 Å². The van der Waals surface area contributed by atoms with Crippen molar-refractivity contribution in [2.24, 2.45) is 11.8 Å². The van der Waals surface area contributed by atoms with Crippen LogP contribution in [0.4, 0.5) is 34.8 Å². The lowest BCUT2D eigenvalue weighted by molar-refractivity contribution is -0.124. The summed E-state index contributed by atoms with van der Waals surface area (Å²) >= 11 is 5.96. The molecule has 1 aromatic carbocycles. The molecule has 4 aromatic rings. The van der Waals surface area contributed by atoms with Crippen molar-refractivity contribution in [3.05, 3.63) is 58.6 Å². The van der Waals surface area contributed by atoms with Crippen molar-refractivity contribution in [1.82, 2.24) is 29.7 Å². The van der Waals surface area contributed by atoms with E-state index in [1.54, 1.807) is 23.2 Å². The highest BCUT2D eigenvalue weighted by Gasteiger charge is 2.56. The highest BCUT2D eigenvalue weighted by Crippen LogP contribution is 2.53. The molecule has 15 heteroatoms. The van der Waals surface area contributed by atoms with E-state index in [1.807, 2.05) is 44.0 Å². The quantitative estimate of drug-likeness (QED) is 0.134. The third kappa shape index (κ3) is 5.92. The Balaban J connectivity index is 1.16. The van der Waals surface area contributed by atoms with Crippen LogP contribution in [0.5, 0.6) is 0 Å². The molecule has 8 rings (SSSR count). The largest absolute Gasteiger partial charge is 0.346 e. The first-order chi connectivity index (χ1) is 25.1. The predicted molar refractivity (Wildman–Crippen MR) is 194 cm³/mol. The molecule has 0 radical (unpaired) electrons. The van der Waals surface area contributed by atoms with Gasteiger partial charge in [0.2, 0.25) is 5.91 Å². The predicted octanol–water partition coefficient (Wildman–Crippen LogP) is 7.63. The van der Waals surface area contributed by atoms with Gasteiger partial charge in [-0.15, -0.1) is 0 Å². The standard InChI is InChI=1S/C38H41ClF4N8O2/c1-18(2)50-17-46-26-11-24(47-34(32(26)50)48-25-10-23(29(39)31(43)30(25)42)35(52)45-15-28(40)41)20-9-27-33(44-14-20)37(3,4)36(53)51(27)22-12-38(5,13-22)49-7-6-19-8-21(19)16-49/h9-11,14,17-19,21-22,28H,6-8,12-13,15-16H2,1-5H3,(H,45,52)(H,47,48)/t19?,21-,22?,38?/m1/s1. The van der Waals surface area contributed by atoms with E-state index < -0.39 is 52.2 Å². The molecule has 2 amide bonds. The van der Waals surface area contributed by atoms with Gasteiger partial charge in [0.15, 0.2) is 17.5 Å². The Bertz CT molecular complexity index is 2170. The minimum Gasteiger partial charge on any atom is -0.346 e. The summed E-state index contributed by atoms with van der Waals surface area (Å²) in [6.07, 6.45) is 4.71. The van der Waals surface area contributed by atoms with Gasteiger partial charge in [0.1, 0.15) is 5.52 Å². The van der Waals surface area contributed by atoms with E-state index in [9.17, 15) is 18.4 Å². The number of fused-ring (bicyclic) bond motifs is 3. The lowest BCUT2D eigenvalue weighted by Gasteiger charge is -2.55. The number of aromatic nitrogens is 4. The summed E-state index contributed by atoms with van der Waals surface area (Å²) in [5, 5.41) is 3.97. The number of carbonyl (C=O) groups is 2. The molecule has 2 aliphatic carbocycles. The van der Waals surface area contributed by atoms with E-state index in [4.69, 9.17) is 21.6 Å². The number of hydrogen-bond donors (Lipinski definition) is 2. The highest BCUT2D eigenvalue weighted by molar-refractivity contribution is 6.34. The van der Waals surface area contributed by atoms with Crippen LogP contribution >= 0.6 is 11.6 Å². The lowest BCUT2D eigenvalue weighted by atomic mass is 9.71. The number of amides is 2. The normalized spacial score (nSPS) is 24.8. The van der Waals surface area contributed by atoms with Crippen LogP contribution in [0.1, 0.15) is 82.4 Å². The Hall–Kier alpha value is -4.30. The van der Waals surface area contributed by atoms with Gasteiger partial charge in [-0.25, -0.2) is 27.5 Å². The van der Waals surface area contributed by atoms with Gasteiger partial charge >= 0.3 is 0 Å². The molecule has 2 N–H and O–H groups in total. The molecule has 1 unspecified atom stereocenters. The zero-order valence-electron chi connectivity index (χ0n) is 30.1. The Morgan fingerprint density at radius 1 is 1.08 bits per heavy atom. The van der Waals surface area contributed by atoms with Crippen LogP contribution in [0.15, 0.2) is 30.7 Å². The van der Waals surface area contributed by atoms with Crippen LogP contribution in [-0.2, 0) is 10.2 Å². The van der Waals surface area contributed by atoms with Gasteiger partial charge in [-0.1, -0.05) is 11.6 Å². The first-order valence-electron chi connectivity index (χ1n) is 18.1. The molecule has 280 valence electrons. The molecule has 1 saturated heterocycles. The SMILES string of the molecule is CC(C)n1cnc2cc(-c3cnc4c(c3)N(C3CC(C)(N5CCC6C[C@@H]6C5)C3)C(=O)C4(C)C)nc(Nc3cc(C(=O)NCC(F)F)c(Cl)c(F)c3F)c21. The molecule has 2 aliphatic heterocycles. The van der Waals surface area contributed by atoms with Crippen molar-refractivity contribution in [3.63, 3.8) is 0 Å². The van der Waals surface area contributed by atoms with Crippen LogP contribution in [0.2, 0.25) is 5.02 Å². The number of nitrogens with zero attached hydrogens (tertiary/aromatic N) is 6. The number of likely N-dealkylation sites (tertiary alicyclic amines) is 1. The van der Waals surface area contributed by atoms with Gasteiger partial charge in [-0.05, 0) is 96.9 Å². The molecular weight excluding hydrogens is 712 g/mol. The Morgan fingerprint density at radius 2 is 1.83 bits per heavy atom. The molecule has 3 fully saturated rings. The summed E-state index contributed by atoms with van der Waals surface area (Å²) in [5.41, 5.74) is 1.53. The van der Waals surface area contributed by atoms with Crippen LogP contribution in [0, 0.1) is 23.5 Å². The maximum atomic E-state index is 15.5. The molecule has 2 atom stereocenters. The zero-order valence-corrected chi connectivity index (χ0v) is 30.9. The molecule has 0 bridgehead atoms. The van der Waals surface area contributed by atoms with Crippen molar-refractivity contribution in [3.8, 4) is 11.3 Å². The lowest BCUT2D eigenvalue weighted by Crippen LogP contribution is -2.64. The number of rotatable bonds is 9. The van der Waals surface area contributed by atoms with E-state index in [-0.39, 0.29) is 29.3 Å². The first kappa shape index (κ1) is 35.7. The zero-order chi connectivity index (χ0) is 37.7. The van der Waals surface area contributed by atoms with E-state index >= 15 is 8.78 Å². The number of alkyl halides is 2. The third-order valence-corrected chi connectivity index (χ3v) is 12.1. The summed E-state index contributed by atoms with van der Waals surface area (Å²) in [5.74, 6) is -2.22. The minimum absolute atomic E-state index is 0.000163. The number of carbonyl (C=O) groups excluding carboxylic acids is 2. The molecule has 53 heavy (non-hydrogen) atoms. The van der Waals surface area contributed by atoms with Gasteiger partial charge in [0.25, 0.3) is 12.3 Å². The molecule has 5 heterocycles. The maximum absolute atomic E-state index is 15.5. The number of nitrogens with one attached hydrogen (secondary N) is 2. The Labute approximate surface area is 309 Å². The Morgan fingerprint density at radius 3 is 2.53 bits per heavy atom. The highest BCUT2D eigenvalue weighted by atomic mass is 35.5. The number of piperidine rings is 1. The second-order valence-corrected chi connectivity index (χ2v) is 16.4. The minimum atomic E-state index is -2.86. The smallest absolute Gasteiger partial charge is 0.255 e. The van der Waals surface area contributed by atoms with Gasteiger partial charge < -0.3 is 20.1 Å². The number of imidazole rings is 1. The van der Waals surface area contributed by atoms with E-state index in [2.05, 4.69) is 22.1 Å². The molecule has 3 aromatic heterocycles. The van der Waals surface area contributed by atoms with Crippen molar-refractivity contribution in [1.29, 1.82) is 0 Å². The summed E-state index contributed by atoms with van der Waals surface area (Å²) in [4.78, 5) is 45.5. The maximum Gasteiger partial charge on any atom is 0.255 e. The van der Waals surface area contributed by atoms with Crippen LogP contribution < -0.4 is 15.5 Å². The second kappa shape index (κ2) is 12.6. The monoisotopic (exact) mass is 752 g/mol. The Kier molecular flexibility index (Phi) is 8.52. The summed E-state index contributed by atoms with van der Waals surface area (Å²) < 4.78 is 58.0. The van der Waals surface area contributed by atoms with Crippen LogP contribution in [0.25, 0.3) is 22.3 Å². The fourth-order valence-corrected chi connectivity index (χ4v) is 8.77. The van der Waals surface area contributed by atoms with Gasteiger partial charge in [0, 0.05) is 35.9 Å². The summed E-state index contributed by atoms with van der Waals surface area (Å²) in [7, 11) is 0. The number of anilines is 3. The molecular formula is C38H41ClF4N8O2. The second-order valence-electron chi connectivity index (χ2n) is 16.1. The molecule has 10 nitrogen and oxygen atoms in total. The van der Waals surface area contributed by atoms with E-state index in [0.717, 1.165) is 49.5 Å². The molecule has 0 spiro atoms. The van der Waals surface area contributed by atoms with Gasteiger partial charge in [0.05, 0.1) is 57.2 Å². The summed E-state index contributed by atoms with van der Waals surface area (Å²) in [6, 6.07) is 4.54. The number of halogens is 5. The average Bonchev–Trinajstić information content (AvgIpc) is 3.71. The number of hydrogen-bond acceptors (Lipinski definition) is 7.